The Balaban J connectivity index is 1.53. The van der Waals surface area contributed by atoms with Crippen LogP contribution in [0.25, 0.3) is 0 Å². The van der Waals surface area contributed by atoms with Gasteiger partial charge in [0.1, 0.15) is 17.9 Å². The van der Waals surface area contributed by atoms with E-state index < -0.39 is 28.2 Å². The van der Waals surface area contributed by atoms with Gasteiger partial charge in [0.05, 0.1) is 22.8 Å². The molecular weight excluding hydrogens is 400 g/mol. The first kappa shape index (κ1) is 18.2. The fourth-order valence-corrected chi connectivity index (χ4v) is 6.42. The molecule has 4 heterocycles. The zero-order valence-corrected chi connectivity index (χ0v) is 16.4. The van der Waals surface area contributed by atoms with Crippen molar-refractivity contribution >= 4 is 34.8 Å². The summed E-state index contributed by atoms with van der Waals surface area (Å²) in [5.41, 5.74) is 0.281. The maximum Gasteiger partial charge on any atom is 0.291 e. The van der Waals surface area contributed by atoms with Gasteiger partial charge in [-0.3, -0.25) is 24.5 Å². The molecule has 9 nitrogen and oxygen atoms in total. The first-order chi connectivity index (χ1) is 15.0. The number of non-ortho nitro benzene ring substituents is 1. The molecule has 3 amide bonds. The number of amides is 3. The second-order valence-corrected chi connectivity index (χ2v) is 8.62. The van der Waals surface area contributed by atoms with Crippen LogP contribution in [-0.4, -0.2) is 35.2 Å². The Morgan fingerprint density at radius 2 is 1.90 bits per heavy atom. The van der Waals surface area contributed by atoms with Gasteiger partial charge in [-0.15, -0.1) is 0 Å². The molecule has 0 aromatic heterocycles. The summed E-state index contributed by atoms with van der Waals surface area (Å²) >= 11 is 0. The lowest BCUT2D eigenvalue weighted by Crippen LogP contribution is -3.19. The van der Waals surface area contributed by atoms with Gasteiger partial charge in [0.2, 0.25) is 17.4 Å². The number of nitro benzene ring substituents is 1. The number of imide groups is 1. The molecule has 3 saturated heterocycles. The molecule has 4 aliphatic rings. The second kappa shape index (κ2) is 5.98. The van der Waals surface area contributed by atoms with Gasteiger partial charge in [0.25, 0.3) is 11.6 Å². The average Bonchev–Trinajstić information content (AvgIpc) is 3.46. The Bertz CT molecular complexity index is 1200. The third-order valence-electron chi connectivity index (χ3n) is 7.42. The molecule has 0 aliphatic carbocycles. The highest BCUT2D eigenvalue weighted by atomic mass is 16.6. The minimum Gasteiger partial charge on any atom is -0.320 e. The molecule has 4 aliphatic heterocycles. The average molecular weight is 419 g/mol. The molecule has 0 radical (unpaired) electrons. The molecule has 31 heavy (non-hydrogen) atoms. The normalized spacial score (nSPS) is 32.9. The fraction of sp³-hybridized carbons (Fsp3) is 0.318. The maximum absolute atomic E-state index is 13.8. The van der Waals surface area contributed by atoms with Crippen molar-refractivity contribution in [2.75, 3.05) is 16.8 Å². The Morgan fingerprint density at radius 1 is 1.10 bits per heavy atom. The first-order valence-corrected chi connectivity index (χ1v) is 10.4. The number of nitro groups is 1. The van der Waals surface area contributed by atoms with Crippen LogP contribution < -0.4 is 15.1 Å². The van der Waals surface area contributed by atoms with Crippen LogP contribution >= 0.6 is 0 Å². The topological polar surface area (TPSA) is 114 Å². The number of anilines is 2. The summed E-state index contributed by atoms with van der Waals surface area (Å²) in [5.74, 6) is -2.52. The number of nitrogens with one attached hydrogen (secondary N) is 2. The summed E-state index contributed by atoms with van der Waals surface area (Å²) in [6.07, 6.45) is 1.63. The molecule has 2 N–H and O–H groups in total. The van der Waals surface area contributed by atoms with E-state index in [1.165, 1.54) is 24.3 Å². The van der Waals surface area contributed by atoms with Crippen molar-refractivity contribution < 1.29 is 24.2 Å². The molecule has 9 heteroatoms. The molecular formula is C22H19N4O5+. The highest BCUT2D eigenvalue weighted by Gasteiger charge is 2.78. The standard InChI is InChI=1S/C22H18N4O5/c27-19-17-16-9-4-10-24(16)22(14-7-1-2-8-15(14)23-21(22)29)18(17)20(28)25(19)12-5-3-6-13(11-12)26(30)31/h1-3,5-8,11,16-18H,4,9-10H2,(H,23,29)/p+1/t16-,17+,18-,22-/m0/s1. The predicted molar refractivity (Wildman–Crippen MR) is 108 cm³/mol. The Labute approximate surface area is 176 Å². The van der Waals surface area contributed by atoms with Gasteiger partial charge in [0, 0.05) is 30.5 Å². The Morgan fingerprint density at radius 3 is 2.71 bits per heavy atom. The Kier molecular flexibility index (Phi) is 3.51. The predicted octanol–water partition coefficient (Wildman–Crippen LogP) is 0.609. The van der Waals surface area contributed by atoms with Gasteiger partial charge in [-0.05, 0) is 12.1 Å². The van der Waals surface area contributed by atoms with Gasteiger partial charge < -0.3 is 10.2 Å². The summed E-state index contributed by atoms with van der Waals surface area (Å²) in [6.45, 7) is 0.719. The van der Waals surface area contributed by atoms with E-state index in [1.54, 1.807) is 0 Å². The van der Waals surface area contributed by atoms with Gasteiger partial charge >= 0.3 is 0 Å². The molecule has 1 unspecified atom stereocenters. The monoisotopic (exact) mass is 419 g/mol. The molecule has 0 bridgehead atoms. The van der Waals surface area contributed by atoms with Crippen LogP contribution in [0.1, 0.15) is 18.4 Å². The molecule has 6 rings (SSSR count). The second-order valence-electron chi connectivity index (χ2n) is 8.62. The van der Waals surface area contributed by atoms with Crippen LogP contribution in [0.5, 0.6) is 0 Å². The molecule has 1 spiro atoms. The number of hydrogen-bond acceptors (Lipinski definition) is 5. The summed E-state index contributed by atoms with van der Waals surface area (Å²) in [4.78, 5) is 53.5. The van der Waals surface area contributed by atoms with E-state index >= 15 is 0 Å². The van der Waals surface area contributed by atoms with Gasteiger partial charge in [-0.25, -0.2) is 4.90 Å². The van der Waals surface area contributed by atoms with E-state index in [9.17, 15) is 24.5 Å². The van der Waals surface area contributed by atoms with Crippen molar-refractivity contribution in [3.05, 3.63) is 64.2 Å². The molecule has 0 saturated carbocycles. The van der Waals surface area contributed by atoms with E-state index in [0.717, 1.165) is 34.7 Å². The largest absolute Gasteiger partial charge is 0.320 e. The van der Waals surface area contributed by atoms with E-state index in [-0.39, 0.29) is 29.2 Å². The van der Waals surface area contributed by atoms with E-state index in [4.69, 9.17) is 0 Å². The summed E-state index contributed by atoms with van der Waals surface area (Å²) < 4.78 is 0. The number of benzene rings is 2. The van der Waals surface area contributed by atoms with Gasteiger partial charge in [-0.1, -0.05) is 24.3 Å². The van der Waals surface area contributed by atoms with Crippen molar-refractivity contribution in [1.29, 1.82) is 0 Å². The quantitative estimate of drug-likeness (QED) is 0.421. The highest BCUT2D eigenvalue weighted by molar-refractivity contribution is 6.25. The van der Waals surface area contributed by atoms with Crippen LogP contribution in [-0.2, 0) is 19.9 Å². The zero-order chi connectivity index (χ0) is 21.5. The number of hydrogen-bond donors (Lipinski definition) is 2. The smallest absolute Gasteiger partial charge is 0.291 e. The van der Waals surface area contributed by atoms with Crippen LogP contribution in [0.2, 0.25) is 0 Å². The van der Waals surface area contributed by atoms with Crippen molar-refractivity contribution in [2.45, 2.75) is 24.4 Å². The zero-order valence-electron chi connectivity index (χ0n) is 16.4. The maximum atomic E-state index is 13.8. The lowest BCUT2D eigenvalue weighted by atomic mass is 9.75. The third-order valence-corrected chi connectivity index (χ3v) is 7.42. The minimum absolute atomic E-state index is 0.137. The lowest BCUT2D eigenvalue weighted by molar-refractivity contribution is -0.948. The number of carbonyl (C=O) groups excluding carboxylic acids is 3. The van der Waals surface area contributed by atoms with Crippen molar-refractivity contribution in [3.8, 4) is 0 Å². The number of nitrogens with zero attached hydrogens (tertiary/aromatic N) is 2. The van der Waals surface area contributed by atoms with Crippen LogP contribution in [0.3, 0.4) is 0 Å². The number of fused-ring (bicyclic) bond motifs is 7. The Hall–Kier alpha value is -3.59. The summed E-state index contributed by atoms with van der Waals surface area (Å²) in [5, 5.41) is 14.2. The minimum atomic E-state index is -1.15. The van der Waals surface area contributed by atoms with Gasteiger partial charge in [0.15, 0.2) is 0 Å². The van der Waals surface area contributed by atoms with Crippen molar-refractivity contribution in [1.82, 2.24) is 0 Å². The van der Waals surface area contributed by atoms with Crippen LogP contribution in [0.15, 0.2) is 48.5 Å². The molecule has 3 fully saturated rings. The van der Waals surface area contributed by atoms with E-state index in [1.807, 2.05) is 24.3 Å². The summed E-state index contributed by atoms with van der Waals surface area (Å²) in [6, 6.07) is 12.8. The summed E-state index contributed by atoms with van der Waals surface area (Å²) in [7, 11) is 0. The molecule has 5 atom stereocenters. The molecule has 2 aromatic rings. The van der Waals surface area contributed by atoms with Gasteiger partial charge in [-0.2, -0.15) is 0 Å². The third kappa shape index (κ3) is 2.06. The molecule has 2 aromatic carbocycles. The number of rotatable bonds is 2. The lowest BCUT2D eigenvalue weighted by Gasteiger charge is -2.33. The van der Waals surface area contributed by atoms with E-state index in [2.05, 4.69) is 5.32 Å². The first-order valence-electron chi connectivity index (χ1n) is 10.4. The van der Waals surface area contributed by atoms with Crippen molar-refractivity contribution in [3.63, 3.8) is 0 Å². The fourth-order valence-electron chi connectivity index (χ4n) is 6.42. The van der Waals surface area contributed by atoms with Crippen molar-refractivity contribution in [2.24, 2.45) is 11.8 Å². The number of carbonyl (C=O) groups is 3. The molecule has 156 valence electrons. The van der Waals surface area contributed by atoms with E-state index in [0.29, 0.717) is 5.69 Å². The highest BCUT2D eigenvalue weighted by Crippen LogP contribution is 2.52. The van der Waals surface area contributed by atoms with Crippen LogP contribution in [0.4, 0.5) is 17.1 Å². The number of para-hydroxylation sites is 1. The SMILES string of the molecule is O=C1[C@H]2[C@@H](C(=O)N1c1cccc([N+](=O)[O-])c1)[C@@]1(C(=O)Nc3ccccc31)[NH+]1CCC[C@@H]21. The van der Waals surface area contributed by atoms with Crippen LogP contribution in [0, 0.1) is 22.0 Å². The number of quaternary nitrogens is 1.